The molecule has 1 aliphatic rings. The molecule has 0 bridgehead atoms. The molecule has 2 aromatic carbocycles. The van der Waals surface area contributed by atoms with Gasteiger partial charge in [0.25, 0.3) is 0 Å². The van der Waals surface area contributed by atoms with E-state index in [9.17, 15) is 13.2 Å². The molecule has 6 heteroatoms. The molecule has 0 saturated heterocycles. The lowest BCUT2D eigenvalue weighted by Gasteiger charge is -2.19. The molecule has 132 valence electrons. The lowest BCUT2D eigenvalue weighted by atomic mass is 10.0. The van der Waals surface area contributed by atoms with Crippen molar-refractivity contribution in [1.29, 1.82) is 0 Å². The summed E-state index contributed by atoms with van der Waals surface area (Å²) in [6.07, 6.45) is 2.01. The van der Waals surface area contributed by atoms with Gasteiger partial charge in [-0.25, -0.2) is 17.9 Å². The maximum atomic E-state index is 12.8. The average molecular weight is 359 g/mol. The number of rotatable bonds is 7. The number of carbonyl (C=O) groups is 1. The van der Waals surface area contributed by atoms with Gasteiger partial charge in [-0.15, -0.1) is 0 Å². The van der Waals surface area contributed by atoms with Crippen molar-refractivity contribution in [3.05, 3.63) is 65.7 Å². The second-order valence-electron chi connectivity index (χ2n) is 6.10. The number of hydrogen-bond donors (Lipinski definition) is 1. The summed E-state index contributed by atoms with van der Waals surface area (Å²) >= 11 is 0. The largest absolute Gasteiger partial charge is 0.462 e. The van der Waals surface area contributed by atoms with Crippen molar-refractivity contribution in [2.24, 2.45) is 5.92 Å². The predicted molar refractivity (Wildman–Crippen MR) is 94.6 cm³/mol. The highest BCUT2D eigenvalue weighted by Gasteiger charge is 2.35. The molecular formula is C19H21NO4S. The monoisotopic (exact) mass is 359 g/mol. The molecule has 1 atom stereocenters. The van der Waals surface area contributed by atoms with Crippen LogP contribution in [0.15, 0.2) is 59.5 Å². The molecule has 1 aliphatic carbocycles. The quantitative estimate of drug-likeness (QED) is 0.770. The number of ether oxygens (including phenoxy) is 1. The third kappa shape index (κ3) is 4.27. The van der Waals surface area contributed by atoms with Crippen molar-refractivity contribution >= 4 is 16.0 Å². The van der Waals surface area contributed by atoms with Crippen LogP contribution in [0, 0.1) is 5.92 Å². The molecule has 0 spiro atoms. The van der Waals surface area contributed by atoms with E-state index in [1.807, 2.05) is 30.3 Å². The van der Waals surface area contributed by atoms with Gasteiger partial charge in [0.15, 0.2) is 0 Å². The van der Waals surface area contributed by atoms with E-state index >= 15 is 0 Å². The maximum absolute atomic E-state index is 12.8. The highest BCUT2D eigenvalue weighted by atomic mass is 32.2. The lowest BCUT2D eigenvalue weighted by molar-refractivity contribution is 0.0526. The Morgan fingerprint density at radius 3 is 2.52 bits per heavy atom. The first kappa shape index (κ1) is 17.6. The van der Waals surface area contributed by atoms with Crippen molar-refractivity contribution in [2.75, 3.05) is 6.61 Å². The molecule has 2 aromatic rings. The fourth-order valence-electron chi connectivity index (χ4n) is 2.77. The first-order valence-electron chi connectivity index (χ1n) is 8.35. The molecule has 0 aliphatic heterocycles. The number of carbonyl (C=O) groups excluding carboxylic acids is 1. The minimum absolute atomic E-state index is 0.0691. The minimum Gasteiger partial charge on any atom is -0.462 e. The second kappa shape index (κ2) is 7.37. The van der Waals surface area contributed by atoms with Gasteiger partial charge in [0.2, 0.25) is 10.0 Å². The fraction of sp³-hybridized carbons (Fsp3) is 0.316. The summed E-state index contributed by atoms with van der Waals surface area (Å²) in [4.78, 5) is 11.9. The zero-order valence-corrected chi connectivity index (χ0v) is 14.8. The van der Waals surface area contributed by atoms with Gasteiger partial charge < -0.3 is 4.74 Å². The Balaban J connectivity index is 1.86. The Bertz CT molecular complexity index is 845. The van der Waals surface area contributed by atoms with Crippen LogP contribution in [-0.2, 0) is 14.8 Å². The molecule has 3 rings (SSSR count). The van der Waals surface area contributed by atoms with Crippen LogP contribution in [0.2, 0.25) is 0 Å². The van der Waals surface area contributed by atoms with Gasteiger partial charge in [-0.1, -0.05) is 36.4 Å². The summed E-state index contributed by atoms with van der Waals surface area (Å²) in [5, 5.41) is 0. The normalized spacial score (nSPS) is 15.6. The molecule has 5 nitrogen and oxygen atoms in total. The van der Waals surface area contributed by atoms with E-state index in [1.165, 1.54) is 12.1 Å². The Morgan fingerprint density at radius 1 is 1.16 bits per heavy atom. The van der Waals surface area contributed by atoms with Crippen molar-refractivity contribution in [3.8, 4) is 0 Å². The summed E-state index contributed by atoms with van der Waals surface area (Å²) in [5.41, 5.74) is 1.18. The van der Waals surface area contributed by atoms with Crippen LogP contribution in [0.25, 0.3) is 0 Å². The molecule has 1 unspecified atom stereocenters. The molecule has 0 heterocycles. The van der Waals surface area contributed by atoms with Crippen LogP contribution in [0.4, 0.5) is 0 Å². The van der Waals surface area contributed by atoms with Crippen molar-refractivity contribution in [3.63, 3.8) is 0 Å². The summed E-state index contributed by atoms with van der Waals surface area (Å²) < 4.78 is 33.4. The number of benzene rings is 2. The van der Waals surface area contributed by atoms with Crippen LogP contribution in [0.3, 0.4) is 0 Å². The van der Waals surface area contributed by atoms with Crippen LogP contribution in [0.1, 0.15) is 41.7 Å². The molecule has 1 N–H and O–H groups in total. The standard InChI is InChI=1S/C19H21NO4S/c1-2-24-19(21)16-9-6-10-17(13-16)25(22,23)20-18(15-11-12-15)14-7-4-3-5-8-14/h3-10,13,15,18,20H,2,11-12H2,1H3. The van der Waals surface area contributed by atoms with Crippen molar-refractivity contribution in [2.45, 2.75) is 30.7 Å². The molecule has 0 radical (unpaired) electrons. The van der Waals surface area contributed by atoms with E-state index < -0.39 is 16.0 Å². The lowest BCUT2D eigenvalue weighted by Crippen LogP contribution is -2.30. The maximum Gasteiger partial charge on any atom is 0.338 e. The van der Waals surface area contributed by atoms with Gasteiger partial charge in [0, 0.05) is 6.04 Å². The molecule has 0 aromatic heterocycles. The minimum atomic E-state index is -3.74. The topological polar surface area (TPSA) is 72.5 Å². The van der Waals surface area contributed by atoms with Crippen molar-refractivity contribution in [1.82, 2.24) is 4.72 Å². The summed E-state index contributed by atoms with van der Waals surface area (Å²) in [6, 6.07) is 15.3. The van der Waals surface area contributed by atoms with E-state index in [4.69, 9.17) is 4.74 Å². The smallest absolute Gasteiger partial charge is 0.338 e. The Labute approximate surface area is 148 Å². The number of esters is 1. The van der Waals surface area contributed by atoms with Gasteiger partial charge in [-0.05, 0) is 49.4 Å². The van der Waals surface area contributed by atoms with Crippen LogP contribution in [0.5, 0.6) is 0 Å². The zero-order chi connectivity index (χ0) is 17.9. The average Bonchev–Trinajstić information content (AvgIpc) is 3.46. The van der Waals surface area contributed by atoms with Crippen LogP contribution in [-0.4, -0.2) is 21.0 Å². The number of nitrogens with one attached hydrogen (secondary N) is 1. The van der Waals surface area contributed by atoms with Crippen LogP contribution < -0.4 is 4.72 Å². The second-order valence-corrected chi connectivity index (χ2v) is 7.81. The summed E-state index contributed by atoms with van der Waals surface area (Å²) in [6.45, 7) is 1.95. The number of sulfonamides is 1. The summed E-state index contributed by atoms with van der Waals surface area (Å²) in [5.74, 6) is -0.216. The van der Waals surface area contributed by atoms with Gasteiger partial charge in [-0.3, -0.25) is 0 Å². The van der Waals surface area contributed by atoms with E-state index in [0.29, 0.717) is 5.92 Å². The SMILES string of the molecule is CCOC(=O)c1cccc(S(=O)(=O)NC(c2ccccc2)C2CC2)c1. The molecule has 0 amide bonds. The van der Waals surface area contributed by atoms with E-state index in [-0.39, 0.29) is 23.1 Å². The molecular weight excluding hydrogens is 338 g/mol. The Morgan fingerprint density at radius 2 is 1.88 bits per heavy atom. The van der Waals surface area contributed by atoms with Gasteiger partial charge in [-0.2, -0.15) is 0 Å². The van der Waals surface area contributed by atoms with E-state index in [0.717, 1.165) is 18.4 Å². The highest BCUT2D eigenvalue weighted by molar-refractivity contribution is 7.89. The Hall–Kier alpha value is -2.18. The van der Waals surface area contributed by atoms with Crippen molar-refractivity contribution < 1.29 is 17.9 Å². The molecule has 1 fully saturated rings. The third-order valence-electron chi connectivity index (χ3n) is 4.19. The highest BCUT2D eigenvalue weighted by Crippen LogP contribution is 2.41. The number of hydrogen-bond acceptors (Lipinski definition) is 4. The van der Waals surface area contributed by atoms with Gasteiger partial charge in [0.05, 0.1) is 17.1 Å². The first-order valence-corrected chi connectivity index (χ1v) is 9.84. The fourth-order valence-corrected chi connectivity index (χ4v) is 4.10. The Kier molecular flexibility index (Phi) is 5.20. The first-order chi connectivity index (χ1) is 12.0. The summed E-state index contributed by atoms with van der Waals surface area (Å²) in [7, 11) is -3.74. The van der Waals surface area contributed by atoms with E-state index in [1.54, 1.807) is 19.1 Å². The van der Waals surface area contributed by atoms with Gasteiger partial charge in [0.1, 0.15) is 0 Å². The van der Waals surface area contributed by atoms with Crippen LogP contribution >= 0.6 is 0 Å². The molecule has 25 heavy (non-hydrogen) atoms. The molecule has 1 saturated carbocycles. The van der Waals surface area contributed by atoms with E-state index in [2.05, 4.69) is 4.72 Å². The zero-order valence-electron chi connectivity index (χ0n) is 14.0. The van der Waals surface area contributed by atoms with Gasteiger partial charge >= 0.3 is 5.97 Å². The predicted octanol–water partition coefficient (Wildman–Crippen LogP) is 3.29. The third-order valence-corrected chi connectivity index (χ3v) is 5.63.